The van der Waals surface area contributed by atoms with Gasteiger partial charge in [-0.1, -0.05) is 0 Å². The van der Waals surface area contributed by atoms with Crippen molar-refractivity contribution in [1.29, 1.82) is 0 Å². The number of nitrogens with two attached hydrogens (primary N) is 1. The van der Waals surface area contributed by atoms with E-state index in [2.05, 4.69) is 4.98 Å². The summed E-state index contributed by atoms with van der Waals surface area (Å²) in [6, 6.07) is 0.925. The molecule has 0 saturated heterocycles. The number of alkyl halides is 2. The van der Waals surface area contributed by atoms with Gasteiger partial charge in [0.05, 0.1) is 7.11 Å². The maximum absolute atomic E-state index is 12.7. The SMILES string of the molecule is COc1cc(F)nc(C(F)F)c1CN. The second-order valence-electron chi connectivity index (χ2n) is 2.52. The van der Waals surface area contributed by atoms with Gasteiger partial charge in [0.2, 0.25) is 5.95 Å². The van der Waals surface area contributed by atoms with Gasteiger partial charge in [-0.15, -0.1) is 0 Å². The molecule has 0 aliphatic rings. The van der Waals surface area contributed by atoms with Crippen molar-refractivity contribution in [2.75, 3.05) is 7.11 Å². The molecule has 0 saturated carbocycles. The molecule has 0 atom stereocenters. The first-order valence-electron chi connectivity index (χ1n) is 3.81. The smallest absolute Gasteiger partial charge is 0.280 e. The fourth-order valence-electron chi connectivity index (χ4n) is 1.10. The van der Waals surface area contributed by atoms with E-state index in [-0.39, 0.29) is 17.9 Å². The summed E-state index contributed by atoms with van der Waals surface area (Å²) in [5.41, 5.74) is 4.61. The molecule has 14 heavy (non-hydrogen) atoms. The van der Waals surface area contributed by atoms with Gasteiger partial charge < -0.3 is 10.5 Å². The summed E-state index contributed by atoms with van der Waals surface area (Å²) in [4.78, 5) is 3.08. The molecule has 0 aliphatic carbocycles. The van der Waals surface area contributed by atoms with Crippen LogP contribution in [0, 0.1) is 5.95 Å². The summed E-state index contributed by atoms with van der Waals surface area (Å²) in [6.07, 6.45) is -2.86. The zero-order valence-corrected chi connectivity index (χ0v) is 7.43. The van der Waals surface area contributed by atoms with Gasteiger partial charge >= 0.3 is 0 Å². The Balaban J connectivity index is 3.31. The van der Waals surface area contributed by atoms with Crippen molar-refractivity contribution in [3.05, 3.63) is 23.3 Å². The molecule has 0 fully saturated rings. The Kier molecular flexibility index (Phi) is 3.29. The molecular formula is C8H9F3N2O. The van der Waals surface area contributed by atoms with Gasteiger partial charge in [-0.05, 0) is 0 Å². The van der Waals surface area contributed by atoms with Crippen LogP contribution in [0.2, 0.25) is 0 Å². The number of hydrogen-bond donors (Lipinski definition) is 1. The lowest BCUT2D eigenvalue weighted by molar-refractivity contribution is 0.143. The molecule has 3 nitrogen and oxygen atoms in total. The van der Waals surface area contributed by atoms with Crippen molar-refractivity contribution in [2.24, 2.45) is 5.73 Å². The molecule has 1 aromatic heterocycles. The molecule has 1 rings (SSSR count). The molecular weight excluding hydrogens is 197 g/mol. The fourth-order valence-corrected chi connectivity index (χ4v) is 1.10. The van der Waals surface area contributed by atoms with E-state index >= 15 is 0 Å². The van der Waals surface area contributed by atoms with Crippen molar-refractivity contribution < 1.29 is 17.9 Å². The number of aromatic nitrogens is 1. The Hall–Kier alpha value is -1.30. The number of hydrogen-bond acceptors (Lipinski definition) is 3. The Labute approximate surface area is 78.7 Å². The maximum atomic E-state index is 12.7. The third-order valence-corrected chi connectivity index (χ3v) is 1.71. The third kappa shape index (κ3) is 1.95. The second kappa shape index (κ2) is 4.28. The first-order chi connectivity index (χ1) is 6.60. The summed E-state index contributed by atoms with van der Waals surface area (Å²) in [6.45, 7) is -0.171. The van der Waals surface area contributed by atoms with Crippen LogP contribution in [-0.2, 0) is 6.54 Å². The van der Waals surface area contributed by atoms with Gasteiger partial charge in [-0.25, -0.2) is 13.8 Å². The quantitative estimate of drug-likeness (QED) is 0.764. The van der Waals surface area contributed by atoms with E-state index < -0.39 is 18.1 Å². The number of ether oxygens (including phenoxy) is 1. The summed E-state index contributed by atoms with van der Waals surface area (Å²) < 4.78 is 42.2. The van der Waals surface area contributed by atoms with E-state index in [1.807, 2.05) is 0 Å². The van der Waals surface area contributed by atoms with Crippen LogP contribution in [0.4, 0.5) is 13.2 Å². The number of pyridine rings is 1. The van der Waals surface area contributed by atoms with E-state index in [0.29, 0.717) is 0 Å². The molecule has 1 aromatic rings. The van der Waals surface area contributed by atoms with E-state index in [0.717, 1.165) is 6.07 Å². The fraction of sp³-hybridized carbons (Fsp3) is 0.375. The van der Waals surface area contributed by atoms with Gasteiger partial charge in [-0.3, -0.25) is 0 Å². The molecule has 0 aromatic carbocycles. The lowest BCUT2D eigenvalue weighted by Crippen LogP contribution is -2.08. The average molecular weight is 206 g/mol. The molecule has 1 heterocycles. The molecule has 0 aliphatic heterocycles. The normalized spacial score (nSPS) is 10.7. The minimum absolute atomic E-state index is 0.00435. The Morgan fingerprint density at radius 3 is 2.64 bits per heavy atom. The second-order valence-corrected chi connectivity index (χ2v) is 2.52. The Bertz CT molecular complexity index is 331. The lowest BCUT2D eigenvalue weighted by atomic mass is 10.1. The zero-order chi connectivity index (χ0) is 10.7. The molecule has 0 radical (unpaired) electrons. The number of halogens is 3. The van der Waals surface area contributed by atoms with Crippen LogP contribution in [0.15, 0.2) is 6.07 Å². The van der Waals surface area contributed by atoms with Crippen LogP contribution in [0.5, 0.6) is 5.75 Å². The Morgan fingerprint density at radius 2 is 2.21 bits per heavy atom. The number of methoxy groups -OCH3 is 1. The van der Waals surface area contributed by atoms with Crippen molar-refractivity contribution >= 4 is 0 Å². The highest BCUT2D eigenvalue weighted by molar-refractivity contribution is 5.36. The summed E-state index contributed by atoms with van der Waals surface area (Å²) in [5, 5.41) is 0. The van der Waals surface area contributed by atoms with Gasteiger partial charge in [0, 0.05) is 18.2 Å². The predicted octanol–water partition coefficient (Wildman–Crippen LogP) is 1.63. The van der Waals surface area contributed by atoms with Crippen LogP contribution in [0.25, 0.3) is 0 Å². The van der Waals surface area contributed by atoms with Crippen LogP contribution >= 0.6 is 0 Å². The zero-order valence-electron chi connectivity index (χ0n) is 7.43. The van der Waals surface area contributed by atoms with Crippen molar-refractivity contribution in [2.45, 2.75) is 13.0 Å². The highest BCUT2D eigenvalue weighted by Crippen LogP contribution is 2.28. The maximum Gasteiger partial charge on any atom is 0.280 e. The van der Waals surface area contributed by atoms with Gasteiger partial charge in [0.1, 0.15) is 11.4 Å². The standard InChI is InChI=1S/C8H9F3N2O/c1-14-5-2-6(9)13-7(8(10)11)4(5)3-12/h2,8H,3,12H2,1H3. The topological polar surface area (TPSA) is 48.1 Å². The van der Waals surface area contributed by atoms with Crippen LogP contribution < -0.4 is 10.5 Å². The van der Waals surface area contributed by atoms with E-state index in [9.17, 15) is 13.2 Å². The summed E-state index contributed by atoms with van der Waals surface area (Å²) in [7, 11) is 1.25. The van der Waals surface area contributed by atoms with E-state index in [1.54, 1.807) is 0 Å². The van der Waals surface area contributed by atoms with Gasteiger partial charge in [0.15, 0.2) is 0 Å². The largest absolute Gasteiger partial charge is 0.496 e. The molecule has 2 N–H and O–H groups in total. The van der Waals surface area contributed by atoms with Crippen LogP contribution in [-0.4, -0.2) is 12.1 Å². The first-order valence-corrected chi connectivity index (χ1v) is 3.81. The number of nitrogens with zero attached hydrogens (tertiary/aromatic N) is 1. The molecule has 0 bridgehead atoms. The number of rotatable bonds is 3. The third-order valence-electron chi connectivity index (χ3n) is 1.71. The van der Waals surface area contributed by atoms with Crippen LogP contribution in [0.1, 0.15) is 17.7 Å². The van der Waals surface area contributed by atoms with Crippen LogP contribution in [0.3, 0.4) is 0 Å². The van der Waals surface area contributed by atoms with Gasteiger partial charge in [0.25, 0.3) is 6.43 Å². The van der Waals surface area contributed by atoms with Crippen molar-refractivity contribution in [3.8, 4) is 5.75 Å². The highest BCUT2D eigenvalue weighted by atomic mass is 19.3. The Morgan fingerprint density at radius 1 is 1.57 bits per heavy atom. The lowest BCUT2D eigenvalue weighted by Gasteiger charge is -2.10. The first kappa shape index (κ1) is 10.8. The minimum Gasteiger partial charge on any atom is -0.496 e. The average Bonchev–Trinajstić information content (AvgIpc) is 2.16. The molecule has 78 valence electrons. The summed E-state index contributed by atoms with van der Waals surface area (Å²) >= 11 is 0. The minimum atomic E-state index is -2.86. The van der Waals surface area contributed by atoms with E-state index in [4.69, 9.17) is 10.5 Å². The predicted molar refractivity (Wildman–Crippen MR) is 43.6 cm³/mol. The molecule has 6 heteroatoms. The van der Waals surface area contributed by atoms with E-state index in [1.165, 1.54) is 7.11 Å². The molecule has 0 amide bonds. The molecule has 0 spiro atoms. The van der Waals surface area contributed by atoms with Crippen molar-refractivity contribution in [1.82, 2.24) is 4.98 Å². The van der Waals surface area contributed by atoms with Crippen molar-refractivity contribution in [3.63, 3.8) is 0 Å². The molecule has 0 unspecified atom stereocenters. The monoisotopic (exact) mass is 206 g/mol. The highest BCUT2D eigenvalue weighted by Gasteiger charge is 2.19. The summed E-state index contributed by atoms with van der Waals surface area (Å²) in [5.74, 6) is -1.01. The van der Waals surface area contributed by atoms with Gasteiger partial charge in [-0.2, -0.15) is 4.39 Å².